The Labute approximate surface area is 92.4 Å². The molecule has 15 heavy (non-hydrogen) atoms. The van der Waals surface area contributed by atoms with E-state index in [1.165, 1.54) is 12.1 Å². The van der Waals surface area contributed by atoms with E-state index in [2.05, 4.69) is 0 Å². The van der Waals surface area contributed by atoms with Crippen molar-refractivity contribution in [1.82, 2.24) is 0 Å². The lowest BCUT2D eigenvalue weighted by Crippen LogP contribution is -1.96. The van der Waals surface area contributed by atoms with Gasteiger partial charge < -0.3 is 10.2 Å². The Bertz CT molecular complexity index is 508. The second-order valence-corrected chi connectivity index (χ2v) is 2.98. The Morgan fingerprint density at radius 1 is 1.00 bits per heavy atom. The van der Waals surface area contributed by atoms with E-state index in [9.17, 15) is 9.90 Å². The summed E-state index contributed by atoms with van der Waals surface area (Å²) in [5.74, 6) is -0.883. The number of benzene rings is 2. The van der Waals surface area contributed by atoms with Crippen LogP contribution in [0.25, 0.3) is 10.8 Å². The summed E-state index contributed by atoms with van der Waals surface area (Å²) in [6, 6.07) is 9.67. The van der Waals surface area contributed by atoms with Gasteiger partial charge in [0.1, 0.15) is 5.75 Å². The summed E-state index contributed by atoms with van der Waals surface area (Å²) in [5.41, 5.74) is 0.207. The molecule has 2 rings (SSSR count). The highest BCUT2D eigenvalue weighted by Crippen LogP contribution is 2.27. The van der Waals surface area contributed by atoms with E-state index >= 15 is 0 Å². The van der Waals surface area contributed by atoms with Crippen molar-refractivity contribution in [2.45, 2.75) is 0 Å². The molecule has 2 N–H and O–H groups in total. The first-order chi connectivity index (χ1) is 6.70. The van der Waals surface area contributed by atoms with Crippen LogP contribution in [-0.2, 0) is 0 Å². The number of rotatable bonds is 1. The largest absolute Gasteiger partial charge is 0.507 e. The summed E-state index contributed by atoms with van der Waals surface area (Å²) in [6.45, 7) is 0. The molecule has 0 unspecified atom stereocenters. The van der Waals surface area contributed by atoms with E-state index in [0.29, 0.717) is 10.8 Å². The number of phenols is 1. The molecule has 0 aliphatic rings. The Kier molecular flexibility index (Phi) is 3.17. The number of aromatic carboxylic acids is 1. The number of carboxylic acids is 1. The number of hydrogen-bond acceptors (Lipinski definition) is 2. The first-order valence-corrected chi connectivity index (χ1v) is 4.14. The summed E-state index contributed by atoms with van der Waals surface area (Å²) >= 11 is 0. The third-order valence-corrected chi connectivity index (χ3v) is 2.13. The molecule has 0 radical (unpaired) electrons. The molecule has 2 aromatic rings. The smallest absolute Gasteiger partial charge is 0.336 e. The highest BCUT2D eigenvalue weighted by molar-refractivity contribution is 6.05. The van der Waals surface area contributed by atoms with E-state index < -0.39 is 5.97 Å². The van der Waals surface area contributed by atoms with Gasteiger partial charge in [-0.15, -0.1) is 12.4 Å². The van der Waals surface area contributed by atoms with Gasteiger partial charge in [-0.25, -0.2) is 4.79 Å². The number of phenolic OH excluding ortho intramolecular Hbond substituents is 1. The van der Waals surface area contributed by atoms with Crippen LogP contribution in [0.3, 0.4) is 0 Å². The number of carbonyl (C=O) groups is 1. The fraction of sp³-hybridized carbons (Fsp3) is 0. The third-order valence-electron chi connectivity index (χ3n) is 2.13. The number of carboxylic acid groups (broad SMARTS) is 1. The van der Waals surface area contributed by atoms with Crippen molar-refractivity contribution in [3.8, 4) is 5.75 Å². The number of aromatic hydroxyl groups is 1. The molecule has 0 amide bonds. The summed E-state index contributed by atoms with van der Waals surface area (Å²) in [6.07, 6.45) is 0. The first kappa shape index (κ1) is 11.3. The fourth-order valence-electron chi connectivity index (χ4n) is 1.47. The van der Waals surface area contributed by atoms with Gasteiger partial charge in [0, 0.05) is 5.39 Å². The zero-order valence-electron chi connectivity index (χ0n) is 7.68. The van der Waals surface area contributed by atoms with Gasteiger partial charge in [0.2, 0.25) is 0 Å². The van der Waals surface area contributed by atoms with Gasteiger partial charge in [-0.05, 0) is 17.5 Å². The third kappa shape index (κ3) is 1.87. The Morgan fingerprint density at radius 2 is 1.60 bits per heavy atom. The van der Waals surface area contributed by atoms with Crippen molar-refractivity contribution >= 4 is 29.1 Å². The van der Waals surface area contributed by atoms with Gasteiger partial charge in [0.15, 0.2) is 0 Å². The van der Waals surface area contributed by atoms with Gasteiger partial charge in [-0.3, -0.25) is 0 Å². The average molecular weight is 225 g/mol. The van der Waals surface area contributed by atoms with E-state index in [0.717, 1.165) is 0 Å². The van der Waals surface area contributed by atoms with Gasteiger partial charge in [-0.2, -0.15) is 0 Å². The van der Waals surface area contributed by atoms with Crippen molar-refractivity contribution in [3.05, 3.63) is 42.0 Å². The number of halogens is 1. The van der Waals surface area contributed by atoms with Crippen LogP contribution < -0.4 is 0 Å². The molecule has 4 heteroatoms. The van der Waals surface area contributed by atoms with E-state index in [1.807, 2.05) is 0 Å². The van der Waals surface area contributed by atoms with E-state index in [4.69, 9.17) is 5.11 Å². The van der Waals surface area contributed by atoms with E-state index in [1.54, 1.807) is 24.3 Å². The van der Waals surface area contributed by atoms with Gasteiger partial charge in [0.05, 0.1) is 5.56 Å². The minimum absolute atomic E-state index is 0. The second-order valence-electron chi connectivity index (χ2n) is 2.98. The molecule has 0 aliphatic carbocycles. The van der Waals surface area contributed by atoms with Gasteiger partial charge >= 0.3 is 5.97 Å². The molecule has 0 heterocycles. The summed E-state index contributed by atoms with van der Waals surface area (Å²) in [5, 5.41) is 19.5. The number of hydrogen-bond donors (Lipinski definition) is 2. The van der Waals surface area contributed by atoms with Gasteiger partial charge in [0.25, 0.3) is 0 Å². The Balaban J connectivity index is 0.00000112. The maximum absolute atomic E-state index is 10.8. The maximum atomic E-state index is 10.8. The molecule has 0 saturated carbocycles. The van der Waals surface area contributed by atoms with Gasteiger partial charge in [-0.1, -0.05) is 24.3 Å². The highest BCUT2D eigenvalue weighted by atomic mass is 35.5. The monoisotopic (exact) mass is 224 g/mol. The minimum Gasteiger partial charge on any atom is -0.507 e. The lowest BCUT2D eigenvalue weighted by Gasteiger charge is -2.03. The topological polar surface area (TPSA) is 57.5 Å². The molecule has 0 atom stereocenters. The lowest BCUT2D eigenvalue weighted by atomic mass is 10.0. The lowest BCUT2D eigenvalue weighted by molar-refractivity contribution is 0.0699. The van der Waals surface area contributed by atoms with Crippen molar-refractivity contribution in [3.63, 3.8) is 0 Å². The predicted molar refractivity (Wildman–Crippen MR) is 59.8 cm³/mol. The molecule has 3 nitrogen and oxygen atoms in total. The molecule has 0 aromatic heterocycles. The molecular weight excluding hydrogens is 216 g/mol. The molecule has 0 spiro atoms. The zero-order valence-corrected chi connectivity index (χ0v) is 8.49. The summed E-state index contributed by atoms with van der Waals surface area (Å²) in [7, 11) is 0. The van der Waals surface area contributed by atoms with Crippen molar-refractivity contribution < 1.29 is 15.0 Å². The van der Waals surface area contributed by atoms with E-state index in [-0.39, 0.29) is 23.7 Å². The summed E-state index contributed by atoms with van der Waals surface area (Å²) < 4.78 is 0. The standard InChI is InChI=1S/C11H8O3.ClH/c12-10-6-5-9(11(13)14)7-3-1-2-4-8(7)10;/h1-6,12H,(H,13,14);1H. The van der Waals surface area contributed by atoms with Crippen molar-refractivity contribution in [2.75, 3.05) is 0 Å². The molecular formula is C11H9ClO3. The van der Waals surface area contributed by atoms with Crippen LogP contribution in [0.2, 0.25) is 0 Å². The number of fused-ring (bicyclic) bond motifs is 1. The highest BCUT2D eigenvalue weighted by Gasteiger charge is 2.09. The molecule has 78 valence electrons. The molecule has 0 saturated heterocycles. The fourth-order valence-corrected chi connectivity index (χ4v) is 1.47. The van der Waals surface area contributed by atoms with Crippen LogP contribution in [0, 0.1) is 0 Å². The molecule has 2 aromatic carbocycles. The van der Waals surface area contributed by atoms with Crippen LogP contribution in [0.15, 0.2) is 36.4 Å². The van der Waals surface area contributed by atoms with Crippen LogP contribution in [0.5, 0.6) is 5.75 Å². The Hall–Kier alpha value is -1.74. The van der Waals surface area contributed by atoms with Crippen LogP contribution in [0.4, 0.5) is 0 Å². The maximum Gasteiger partial charge on any atom is 0.336 e. The quantitative estimate of drug-likeness (QED) is 0.783. The zero-order chi connectivity index (χ0) is 10.1. The predicted octanol–water partition coefficient (Wildman–Crippen LogP) is 2.67. The SMILES string of the molecule is Cl.O=C(O)c1ccc(O)c2ccccc12. The molecule has 0 bridgehead atoms. The van der Waals surface area contributed by atoms with Crippen LogP contribution >= 0.6 is 12.4 Å². The van der Waals surface area contributed by atoms with Crippen molar-refractivity contribution in [1.29, 1.82) is 0 Å². The van der Waals surface area contributed by atoms with Crippen LogP contribution in [-0.4, -0.2) is 16.2 Å². The molecule has 0 fully saturated rings. The Morgan fingerprint density at radius 3 is 2.20 bits per heavy atom. The average Bonchev–Trinajstić information content (AvgIpc) is 2.18. The van der Waals surface area contributed by atoms with Crippen molar-refractivity contribution in [2.24, 2.45) is 0 Å². The normalized spacial score (nSPS) is 9.60. The second kappa shape index (κ2) is 4.19. The minimum atomic E-state index is -0.985. The summed E-state index contributed by atoms with van der Waals surface area (Å²) in [4.78, 5) is 10.8. The van der Waals surface area contributed by atoms with Crippen LogP contribution in [0.1, 0.15) is 10.4 Å². The first-order valence-electron chi connectivity index (χ1n) is 4.14. The molecule has 0 aliphatic heterocycles.